The van der Waals surface area contributed by atoms with E-state index in [2.05, 4.69) is 40.1 Å². The first-order chi connectivity index (χ1) is 14.6. The van der Waals surface area contributed by atoms with Gasteiger partial charge in [0.15, 0.2) is 0 Å². The highest BCUT2D eigenvalue weighted by Crippen LogP contribution is 2.33. The van der Waals surface area contributed by atoms with Crippen LogP contribution in [0, 0.1) is 11.3 Å². The molecule has 5 heteroatoms. The van der Waals surface area contributed by atoms with Crippen LogP contribution in [0.1, 0.15) is 41.1 Å². The second kappa shape index (κ2) is 9.42. The molecule has 2 aliphatic rings. The van der Waals surface area contributed by atoms with Crippen LogP contribution >= 0.6 is 0 Å². The number of benzene rings is 2. The van der Waals surface area contributed by atoms with Gasteiger partial charge in [-0.1, -0.05) is 36.4 Å². The Kier molecular flexibility index (Phi) is 6.47. The quantitative estimate of drug-likeness (QED) is 0.771. The SMILES string of the molecule is CN(C(=O)CN1CCN(Cc2ccc(C#N)cc2)CC1)[C@@H]1CCCc2ccccc21. The van der Waals surface area contributed by atoms with Crippen molar-refractivity contribution >= 4 is 5.91 Å². The molecule has 0 radical (unpaired) electrons. The van der Waals surface area contributed by atoms with Gasteiger partial charge < -0.3 is 4.90 Å². The molecule has 1 amide bonds. The number of hydrogen-bond acceptors (Lipinski definition) is 4. The highest BCUT2D eigenvalue weighted by Gasteiger charge is 2.28. The first kappa shape index (κ1) is 20.6. The summed E-state index contributed by atoms with van der Waals surface area (Å²) in [7, 11) is 1.97. The number of likely N-dealkylation sites (N-methyl/N-ethyl adjacent to an activating group) is 1. The number of nitrogens with zero attached hydrogens (tertiary/aromatic N) is 4. The van der Waals surface area contributed by atoms with E-state index in [0.717, 1.165) is 52.0 Å². The molecule has 1 fully saturated rings. The van der Waals surface area contributed by atoms with Gasteiger partial charge >= 0.3 is 0 Å². The van der Waals surface area contributed by atoms with Gasteiger partial charge in [0.05, 0.1) is 24.2 Å². The van der Waals surface area contributed by atoms with Crippen LogP contribution in [0.2, 0.25) is 0 Å². The Bertz CT molecular complexity index is 909. The largest absolute Gasteiger partial charge is 0.338 e. The lowest BCUT2D eigenvalue weighted by atomic mass is 9.87. The molecular formula is C25H30N4O. The number of amides is 1. The van der Waals surface area contributed by atoms with E-state index in [0.29, 0.717) is 12.1 Å². The minimum absolute atomic E-state index is 0.208. The number of carbonyl (C=O) groups is 1. The summed E-state index contributed by atoms with van der Waals surface area (Å²) in [6.45, 7) is 5.15. The van der Waals surface area contributed by atoms with Gasteiger partial charge in [-0.15, -0.1) is 0 Å². The normalized spacial score (nSPS) is 19.7. The second-order valence-corrected chi connectivity index (χ2v) is 8.47. The first-order valence-corrected chi connectivity index (χ1v) is 10.9. The maximum Gasteiger partial charge on any atom is 0.237 e. The van der Waals surface area contributed by atoms with Crippen molar-refractivity contribution in [2.75, 3.05) is 39.8 Å². The predicted molar refractivity (Wildman–Crippen MR) is 118 cm³/mol. The van der Waals surface area contributed by atoms with E-state index < -0.39 is 0 Å². The lowest BCUT2D eigenvalue weighted by molar-refractivity contribution is -0.134. The summed E-state index contributed by atoms with van der Waals surface area (Å²) >= 11 is 0. The molecule has 1 aliphatic carbocycles. The van der Waals surface area contributed by atoms with Crippen molar-refractivity contribution in [3.63, 3.8) is 0 Å². The number of nitriles is 1. The van der Waals surface area contributed by atoms with Crippen molar-refractivity contribution in [2.45, 2.75) is 31.8 Å². The molecule has 0 bridgehead atoms. The Labute approximate surface area is 179 Å². The van der Waals surface area contributed by atoms with Gasteiger partial charge in [0, 0.05) is 39.8 Å². The third-order valence-electron chi connectivity index (χ3n) is 6.51. The van der Waals surface area contributed by atoms with Gasteiger partial charge in [-0.3, -0.25) is 14.6 Å². The van der Waals surface area contributed by atoms with E-state index in [1.807, 2.05) is 36.2 Å². The van der Waals surface area contributed by atoms with Gasteiger partial charge in [0.2, 0.25) is 5.91 Å². The molecule has 0 spiro atoms. The summed E-state index contributed by atoms with van der Waals surface area (Å²) in [4.78, 5) is 19.7. The number of rotatable bonds is 5. The summed E-state index contributed by atoms with van der Waals surface area (Å²) in [5.74, 6) is 0.220. The van der Waals surface area contributed by atoms with E-state index in [-0.39, 0.29) is 11.9 Å². The standard InChI is InChI=1S/C25H30N4O/c1-27(24-8-4-6-22-5-2-3-7-23(22)24)25(30)19-29-15-13-28(14-16-29)18-21-11-9-20(17-26)10-12-21/h2-3,5,7,9-12,24H,4,6,8,13-16,18-19H2,1H3/t24-/m1/s1. The Balaban J connectivity index is 1.27. The summed E-state index contributed by atoms with van der Waals surface area (Å²) < 4.78 is 0. The van der Waals surface area contributed by atoms with Gasteiger partial charge in [-0.25, -0.2) is 0 Å². The minimum atomic E-state index is 0.208. The van der Waals surface area contributed by atoms with Crippen LogP contribution in [0.15, 0.2) is 48.5 Å². The predicted octanol–water partition coefficient (Wildman–Crippen LogP) is 3.21. The molecule has 0 saturated carbocycles. The fourth-order valence-corrected chi connectivity index (χ4v) is 4.66. The van der Waals surface area contributed by atoms with E-state index in [1.165, 1.54) is 16.7 Å². The fraction of sp³-hybridized carbons (Fsp3) is 0.440. The Morgan fingerprint density at radius 1 is 1.07 bits per heavy atom. The zero-order valence-corrected chi connectivity index (χ0v) is 17.8. The summed E-state index contributed by atoms with van der Waals surface area (Å²) in [6.07, 6.45) is 3.32. The lowest BCUT2D eigenvalue weighted by Gasteiger charge is -2.37. The van der Waals surface area contributed by atoms with Crippen molar-refractivity contribution in [3.8, 4) is 6.07 Å². The van der Waals surface area contributed by atoms with Crippen LogP contribution in [0.3, 0.4) is 0 Å². The van der Waals surface area contributed by atoms with Crippen molar-refractivity contribution in [2.24, 2.45) is 0 Å². The average molecular weight is 403 g/mol. The Morgan fingerprint density at radius 3 is 2.50 bits per heavy atom. The maximum absolute atomic E-state index is 13.0. The summed E-state index contributed by atoms with van der Waals surface area (Å²) in [5.41, 5.74) is 4.65. The number of carbonyl (C=O) groups excluding carboxylic acids is 1. The molecule has 2 aromatic carbocycles. The number of piperazine rings is 1. The molecule has 5 nitrogen and oxygen atoms in total. The molecule has 1 heterocycles. The van der Waals surface area contributed by atoms with Crippen LogP contribution in [0.4, 0.5) is 0 Å². The topological polar surface area (TPSA) is 50.6 Å². The minimum Gasteiger partial charge on any atom is -0.338 e. The molecule has 156 valence electrons. The number of hydrogen-bond donors (Lipinski definition) is 0. The third-order valence-corrected chi connectivity index (χ3v) is 6.51. The molecule has 0 N–H and O–H groups in total. The van der Waals surface area contributed by atoms with Crippen molar-refractivity contribution in [3.05, 3.63) is 70.8 Å². The average Bonchev–Trinajstić information content (AvgIpc) is 2.80. The highest BCUT2D eigenvalue weighted by molar-refractivity contribution is 5.78. The maximum atomic E-state index is 13.0. The van der Waals surface area contributed by atoms with E-state index >= 15 is 0 Å². The number of fused-ring (bicyclic) bond motifs is 1. The molecular weight excluding hydrogens is 372 g/mol. The van der Waals surface area contributed by atoms with Crippen LogP contribution in [0.5, 0.6) is 0 Å². The van der Waals surface area contributed by atoms with Crippen LogP contribution in [0.25, 0.3) is 0 Å². The van der Waals surface area contributed by atoms with E-state index in [1.54, 1.807) is 0 Å². The summed E-state index contributed by atoms with van der Waals surface area (Å²) in [6, 6.07) is 18.8. The first-order valence-electron chi connectivity index (χ1n) is 10.9. The highest BCUT2D eigenvalue weighted by atomic mass is 16.2. The third kappa shape index (κ3) is 4.72. The van der Waals surface area contributed by atoms with Crippen LogP contribution in [-0.4, -0.2) is 60.4 Å². The molecule has 2 aromatic rings. The van der Waals surface area contributed by atoms with Gasteiger partial charge in [0.25, 0.3) is 0 Å². The summed E-state index contributed by atoms with van der Waals surface area (Å²) in [5, 5.41) is 8.92. The number of aryl methyl sites for hydroxylation is 1. The Hall–Kier alpha value is -2.68. The molecule has 1 atom stereocenters. The second-order valence-electron chi connectivity index (χ2n) is 8.47. The van der Waals surface area contributed by atoms with Crippen molar-refractivity contribution in [1.82, 2.24) is 14.7 Å². The molecule has 30 heavy (non-hydrogen) atoms. The Morgan fingerprint density at radius 2 is 1.77 bits per heavy atom. The van der Waals surface area contributed by atoms with Crippen molar-refractivity contribution < 1.29 is 4.79 Å². The molecule has 1 aliphatic heterocycles. The van der Waals surface area contributed by atoms with Gasteiger partial charge in [0.1, 0.15) is 0 Å². The molecule has 4 rings (SSSR count). The van der Waals surface area contributed by atoms with E-state index in [9.17, 15) is 4.79 Å². The molecule has 1 saturated heterocycles. The fourth-order valence-electron chi connectivity index (χ4n) is 4.66. The van der Waals surface area contributed by atoms with Crippen LogP contribution in [-0.2, 0) is 17.8 Å². The lowest BCUT2D eigenvalue weighted by Crippen LogP contribution is -2.49. The monoisotopic (exact) mass is 402 g/mol. The van der Waals surface area contributed by atoms with E-state index in [4.69, 9.17) is 5.26 Å². The van der Waals surface area contributed by atoms with Gasteiger partial charge in [-0.05, 0) is 48.1 Å². The van der Waals surface area contributed by atoms with Gasteiger partial charge in [-0.2, -0.15) is 5.26 Å². The zero-order valence-electron chi connectivity index (χ0n) is 17.8. The molecule has 0 unspecified atom stereocenters. The molecule has 0 aromatic heterocycles. The smallest absolute Gasteiger partial charge is 0.237 e. The van der Waals surface area contributed by atoms with Crippen molar-refractivity contribution in [1.29, 1.82) is 5.26 Å². The van der Waals surface area contributed by atoms with Crippen LogP contribution < -0.4 is 0 Å². The zero-order chi connectivity index (χ0) is 20.9.